The molecule has 0 spiro atoms. The van der Waals surface area contributed by atoms with Crippen LogP contribution in [0.3, 0.4) is 0 Å². The van der Waals surface area contributed by atoms with E-state index in [4.69, 9.17) is 0 Å². The molecule has 0 aliphatic rings. The minimum atomic E-state index is -0.0964. The second-order valence-electron chi connectivity index (χ2n) is 6.09. The fourth-order valence-corrected chi connectivity index (χ4v) is 2.63. The number of hydrogen-bond donors (Lipinski definition) is 1. The van der Waals surface area contributed by atoms with Gasteiger partial charge in [0.1, 0.15) is 12.7 Å². The van der Waals surface area contributed by atoms with Gasteiger partial charge in [0.2, 0.25) is 0 Å². The van der Waals surface area contributed by atoms with Crippen molar-refractivity contribution >= 4 is 5.91 Å². The molecule has 0 radical (unpaired) electrons. The molecule has 0 saturated carbocycles. The number of aromatic nitrogens is 3. The normalized spacial score (nSPS) is 12.1. The molecule has 3 rings (SSSR count). The first-order valence-electron chi connectivity index (χ1n) is 8.09. The van der Waals surface area contributed by atoms with Crippen molar-refractivity contribution in [1.82, 2.24) is 25.0 Å². The predicted octanol–water partition coefficient (Wildman–Crippen LogP) is 2.30. The highest BCUT2D eigenvalue weighted by molar-refractivity contribution is 5.94. The largest absolute Gasteiger partial charge is 0.344 e. The van der Waals surface area contributed by atoms with Gasteiger partial charge in [-0.3, -0.25) is 4.79 Å². The zero-order chi connectivity index (χ0) is 17.6. The fraction of sp³-hybridized carbons (Fsp3) is 0.211. The van der Waals surface area contributed by atoms with Gasteiger partial charge >= 0.3 is 0 Å². The quantitative estimate of drug-likeness (QED) is 0.751. The molecule has 1 N–H and O–H groups in total. The fourth-order valence-electron chi connectivity index (χ4n) is 2.63. The third kappa shape index (κ3) is 4.30. The summed E-state index contributed by atoms with van der Waals surface area (Å²) >= 11 is 0. The third-order valence-corrected chi connectivity index (χ3v) is 3.87. The lowest BCUT2D eigenvalue weighted by molar-refractivity contribution is 0.0930. The molecular formula is C19H21N5O. The van der Waals surface area contributed by atoms with Crippen molar-refractivity contribution < 1.29 is 4.79 Å². The van der Waals surface area contributed by atoms with Crippen LogP contribution in [0, 0.1) is 0 Å². The second-order valence-corrected chi connectivity index (χ2v) is 6.09. The van der Waals surface area contributed by atoms with Crippen molar-refractivity contribution in [3.63, 3.8) is 0 Å². The monoisotopic (exact) mass is 335 g/mol. The van der Waals surface area contributed by atoms with Crippen molar-refractivity contribution in [2.24, 2.45) is 0 Å². The number of amides is 1. The highest BCUT2D eigenvalue weighted by atomic mass is 16.1. The number of nitrogens with zero attached hydrogens (tertiary/aromatic N) is 4. The molecule has 1 aromatic heterocycles. The first kappa shape index (κ1) is 16.9. The van der Waals surface area contributed by atoms with E-state index >= 15 is 0 Å². The topological polar surface area (TPSA) is 63.1 Å². The molecule has 1 unspecified atom stereocenters. The molecule has 25 heavy (non-hydrogen) atoms. The summed E-state index contributed by atoms with van der Waals surface area (Å²) in [5.74, 6) is -0.0964. The van der Waals surface area contributed by atoms with E-state index in [0.717, 1.165) is 17.8 Å². The van der Waals surface area contributed by atoms with E-state index in [9.17, 15) is 4.79 Å². The molecule has 3 aromatic rings. The van der Waals surface area contributed by atoms with E-state index in [2.05, 4.69) is 20.3 Å². The summed E-state index contributed by atoms with van der Waals surface area (Å²) in [6.07, 6.45) is 3.10. The second kappa shape index (κ2) is 7.72. The summed E-state index contributed by atoms with van der Waals surface area (Å²) < 4.78 is 1.65. The average Bonchev–Trinajstić information content (AvgIpc) is 3.16. The van der Waals surface area contributed by atoms with Gasteiger partial charge in [0.05, 0.1) is 11.7 Å². The maximum absolute atomic E-state index is 12.6. The van der Waals surface area contributed by atoms with E-state index in [1.54, 1.807) is 23.1 Å². The molecule has 0 fully saturated rings. The smallest absolute Gasteiger partial charge is 0.251 e. The van der Waals surface area contributed by atoms with Crippen LogP contribution in [0.1, 0.15) is 22.0 Å². The van der Waals surface area contributed by atoms with Crippen molar-refractivity contribution in [1.29, 1.82) is 0 Å². The van der Waals surface area contributed by atoms with Crippen molar-refractivity contribution in [3.8, 4) is 5.69 Å². The zero-order valence-electron chi connectivity index (χ0n) is 14.3. The van der Waals surface area contributed by atoms with E-state index in [-0.39, 0.29) is 11.9 Å². The van der Waals surface area contributed by atoms with Crippen molar-refractivity contribution in [2.75, 3.05) is 20.6 Å². The minimum Gasteiger partial charge on any atom is -0.344 e. The van der Waals surface area contributed by atoms with Gasteiger partial charge in [0.25, 0.3) is 5.91 Å². The molecule has 1 atom stereocenters. The maximum atomic E-state index is 12.6. The Hall–Kier alpha value is -2.99. The zero-order valence-corrected chi connectivity index (χ0v) is 14.3. The van der Waals surface area contributed by atoms with Gasteiger partial charge in [-0.1, -0.05) is 30.3 Å². The van der Waals surface area contributed by atoms with Gasteiger partial charge in [0.15, 0.2) is 0 Å². The molecule has 6 nitrogen and oxygen atoms in total. The number of hydrogen-bond acceptors (Lipinski definition) is 4. The van der Waals surface area contributed by atoms with Gasteiger partial charge in [-0.05, 0) is 43.9 Å². The van der Waals surface area contributed by atoms with Crippen LogP contribution in [-0.2, 0) is 0 Å². The Morgan fingerprint density at radius 3 is 2.44 bits per heavy atom. The number of carbonyl (C=O) groups excluding carboxylic acids is 1. The molecule has 2 aromatic carbocycles. The molecular weight excluding hydrogens is 314 g/mol. The SMILES string of the molecule is CN(C)CC(NC(=O)c1ccc(-n2cncn2)cc1)c1ccccc1. The lowest BCUT2D eigenvalue weighted by Gasteiger charge is -2.23. The van der Waals surface area contributed by atoms with Gasteiger partial charge in [-0.15, -0.1) is 0 Å². The Kier molecular flexibility index (Phi) is 5.20. The average molecular weight is 335 g/mol. The number of likely N-dealkylation sites (N-methyl/N-ethyl adjacent to an activating group) is 1. The first-order valence-corrected chi connectivity index (χ1v) is 8.09. The predicted molar refractivity (Wildman–Crippen MR) is 96.6 cm³/mol. The Morgan fingerprint density at radius 2 is 1.84 bits per heavy atom. The van der Waals surface area contributed by atoms with E-state index in [1.165, 1.54) is 6.33 Å². The van der Waals surface area contributed by atoms with Gasteiger partial charge in [-0.2, -0.15) is 5.10 Å². The number of rotatable bonds is 6. The van der Waals surface area contributed by atoms with Crippen LogP contribution in [0.5, 0.6) is 0 Å². The van der Waals surface area contributed by atoms with Crippen LogP contribution >= 0.6 is 0 Å². The van der Waals surface area contributed by atoms with Crippen LogP contribution in [0.4, 0.5) is 0 Å². The highest BCUT2D eigenvalue weighted by Gasteiger charge is 2.16. The number of benzene rings is 2. The van der Waals surface area contributed by atoms with E-state index in [1.807, 2.05) is 56.6 Å². The maximum Gasteiger partial charge on any atom is 0.251 e. The molecule has 1 amide bonds. The van der Waals surface area contributed by atoms with Crippen LogP contribution < -0.4 is 5.32 Å². The standard InChI is InChI=1S/C19H21N5O/c1-23(2)12-18(15-6-4-3-5-7-15)22-19(25)16-8-10-17(11-9-16)24-14-20-13-21-24/h3-11,13-14,18H,12H2,1-2H3,(H,22,25). The Labute approximate surface area is 147 Å². The van der Waals surface area contributed by atoms with Gasteiger partial charge < -0.3 is 10.2 Å². The van der Waals surface area contributed by atoms with Crippen LogP contribution in [0.25, 0.3) is 5.69 Å². The lowest BCUT2D eigenvalue weighted by atomic mass is 10.1. The van der Waals surface area contributed by atoms with Crippen LogP contribution in [0.15, 0.2) is 67.3 Å². The summed E-state index contributed by atoms with van der Waals surface area (Å²) in [5.41, 5.74) is 2.56. The van der Waals surface area contributed by atoms with Crippen LogP contribution in [-0.4, -0.2) is 46.2 Å². The Balaban J connectivity index is 1.74. The van der Waals surface area contributed by atoms with E-state index in [0.29, 0.717) is 5.56 Å². The first-order chi connectivity index (χ1) is 12.1. The Morgan fingerprint density at radius 1 is 1.12 bits per heavy atom. The van der Waals surface area contributed by atoms with E-state index < -0.39 is 0 Å². The summed E-state index contributed by atoms with van der Waals surface area (Å²) in [4.78, 5) is 18.6. The summed E-state index contributed by atoms with van der Waals surface area (Å²) in [6.45, 7) is 0.729. The Bertz CT molecular complexity index is 798. The van der Waals surface area contributed by atoms with Crippen LogP contribution in [0.2, 0.25) is 0 Å². The summed E-state index contributed by atoms with van der Waals surface area (Å²) in [7, 11) is 3.99. The minimum absolute atomic E-state index is 0.0707. The lowest BCUT2D eigenvalue weighted by Crippen LogP contribution is -2.35. The third-order valence-electron chi connectivity index (χ3n) is 3.87. The molecule has 0 aliphatic carbocycles. The van der Waals surface area contributed by atoms with Crippen molar-refractivity contribution in [2.45, 2.75) is 6.04 Å². The van der Waals surface area contributed by atoms with Gasteiger partial charge in [-0.25, -0.2) is 9.67 Å². The molecule has 1 heterocycles. The summed E-state index contributed by atoms with van der Waals surface area (Å²) in [5, 5.41) is 7.20. The molecule has 0 aliphatic heterocycles. The molecule has 0 saturated heterocycles. The summed E-state index contributed by atoms with van der Waals surface area (Å²) in [6, 6.07) is 17.2. The number of carbonyl (C=O) groups is 1. The molecule has 128 valence electrons. The number of nitrogens with one attached hydrogen (secondary N) is 1. The van der Waals surface area contributed by atoms with Crippen molar-refractivity contribution in [3.05, 3.63) is 78.4 Å². The van der Waals surface area contributed by atoms with Gasteiger partial charge in [0, 0.05) is 12.1 Å². The highest BCUT2D eigenvalue weighted by Crippen LogP contribution is 2.15. The molecule has 6 heteroatoms. The molecule has 0 bridgehead atoms.